The minimum Gasteiger partial charge on any atom is -0.435 e. The number of ether oxygens (including phenoxy) is 1. The van der Waals surface area contributed by atoms with Gasteiger partial charge in [0.15, 0.2) is 0 Å². The minimum absolute atomic E-state index is 0.00776. The summed E-state index contributed by atoms with van der Waals surface area (Å²) < 4.78 is 67.3. The quantitative estimate of drug-likeness (QED) is 0.327. The van der Waals surface area contributed by atoms with Crippen LogP contribution in [0.4, 0.5) is 33.3 Å². The number of alkyl halides is 5. The Morgan fingerprint density at radius 2 is 1.61 bits per heavy atom. The maximum atomic E-state index is 13.1. The highest BCUT2D eigenvalue weighted by Crippen LogP contribution is 2.30. The molecule has 0 aliphatic carbocycles. The SMILES string of the molecule is O=C1C(Nc2ccc(OC(F)F)cc2)CCN1c1ccc(-c2nn(OC(=O)C(F)(F)F)c(=O)c3ccccc23)cc1. The second-order valence-electron chi connectivity index (χ2n) is 8.87. The fourth-order valence-corrected chi connectivity index (χ4v) is 4.38. The van der Waals surface area contributed by atoms with Gasteiger partial charge in [-0.05, 0) is 53.7 Å². The molecule has 5 rings (SSSR count). The van der Waals surface area contributed by atoms with Crippen molar-refractivity contribution in [1.82, 2.24) is 9.94 Å². The molecule has 0 bridgehead atoms. The molecule has 0 radical (unpaired) electrons. The van der Waals surface area contributed by atoms with E-state index in [9.17, 15) is 36.3 Å². The number of hydrogen-bond acceptors (Lipinski definition) is 7. The Morgan fingerprint density at radius 1 is 0.951 bits per heavy atom. The molecule has 14 heteroatoms. The Kier molecular flexibility index (Phi) is 7.30. The highest BCUT2D eigenvalue weighted by molar-refractivity contribution is 6.01. The summed E-state index contributed by atoms with van der Waals surface area (Å²) in [5, 5.41) is 7.23. The number of carbonyl (C=O) groups excluding carboxylic acids is 2. The number of fused-ring (bicyclic) bond motifs is 1. The van der Waals surface area contributed by atoms with Crippen LogP contribution in [0.5, 0.6) is 5.75 Å². The molecule has 3 aromatic carbocycles. The molecule has 1 amide bonds. The number of rotatable bonds is 7. The molecule has 1 atom stereocenters. The van der Waals surface area contributed by atoms with Crippen LogP contribution in [0.1, 0.15) is 6.42 Å². The molecule has 9 nitrogen and oxygen atoms in total. The maximum Gasteiger partial charge on any atom is 0.493 e. The van der Waals surface area contributed by atoms with E-state index in [0.717, 1.165) is 0 Å². The molecule has 1 N–H and O–H groups in total. The third-order valence-corrected chi connectivity index (χ3v) is 6.26. The number of benzene rings is 3. The van der Waals surface area contributed by atoms with Crippen molar-refractivity contribution < 1.29 is 41.1 Å². The lowest BCUT2D eigenvalue weighted by atomic mass is 10.0. The Bertz CT molecular complexity index is 1660. The van der Waals surface area contributed by atoms with Gasteiger partial charge in [-0.2, -0.15) is 22.0 Å². The average molecular weight is 574 g/mol. The highest BCUT2D eigenvalue weighted by Gasteiger charge is 2.42. The van der Waals surface area contributed by atoms with E-state index in [4.69, 9.17) is 0 Å². The summed E-state index contributed by atoms with van der Waals surface area (Å²) in [6, 6.07) is 17.6. The molecule has 4 aromatic rings. The zero-order valence-electron chi connectivity index (χ0n) is 20.8. The van der Waals surface area contributed by atoms with Gasteiger partial charge < -0.3 is 19.8 Å². The third kappa shape index (κ3) is 5.81. The van der Waals surface area contributed by atoms with E-state index in [1.165, 1.54) is 41.3 Å². The van der Waals surface area contributed by atoms with Gasteiger partial charge >= 0.3 is 24.3 Å². The molecule has 1 unspecified atom stereocenters. The number of nitrogens with one attached hydrogen (secondary N) is 1. The first-order valence-corrected chi connectivity index (χ1v) is 12.1. The van der Waals surface area contributed by atoms with Crippen LogP contribution >= 0.6 is 0 Å². The summed E-state index contributed by atoms with van der Waals surface area (Å²) in [5.74, 6) is -2.85. The zero-order chi connectivity index (χ0) is 29.3. The third-order valence-electron chi connectivity index (χ3n) is 6.26. The fourth-order valence-electron chi connectivity index (χ4n) is 4.38. The van der Waals surface area contributed by atoms with Gasteiger partial charge in [-0.3, -0.25) is 9.59 Å². The van der Waals surface area contributed by atoms with Crippen LogP contribution in [0.25, 0.3) is 22.0 Å². The molecule has 1 aromatic heterocycles. The van der Waals surface area contributed by atoms with Crippen molar-refractivity contribution in [2.75, 3.05) is 16.8 Å². The zero-order valence-corrected chi connectivity index (χ0v) is 20.8. The number of halogens is 5. The minimum atomic E-state index is -5.34. The van der Waals surface area contributed by atoms with E-state index in [1.54, 1.807) is 36.4 Å². The molecule has 212 valence electrons. The van der Waals surface area contributed by atoms with Crippen molar-refractivity contribution in [2.45, 2.75) is 25.3 Å². The van der Waals surface area contributed by atoms with Gasteiger partial charge in [0.2, 0.25) is 5.91 Å². The molecule has 1 fully saturated rings. The number of hydrogen-bond donors (Lipinski definition) is 1. The molecule has 1 aliphatic heterocycles. The second kappa shape index (κ2) is 10.9. The predicted molar refractivity (Wildman–Crippen MR) is 137 cm³/mol. The first-order chi connectivity index (χ1) is 19.5. The van der Waals surface area contributed by atoms with E-state index < -0.39 is 30.4 Å². The number of amides is 1. The molecular weight excluding hydrogens is 555 g/mol. The van der Waals surface area contributed by atoms with Gasteiger partial charge in [-0.1, -0.05) is 30.3 Å². The Morgan fingerprint density at radius 3 is 2.24 bits per heavy atom. The van der Waals surface area contributed by atoms with Gasteiger partial charge in [0.25, 0.3) is 0 Å². The van der Waals surface area contributed by atoms with Crippen molar-refractivity contribution in [2.24, 2.45) is 0 Å². The van der Waals surface area contributed by atoms with Crippen LogP contribution in [0, 0.1) is 0 Å². The summed E-state index contributed by atoms with van der Waals surface area (Å²) in [4.78, 5) is 42.8. The Hall–Kier alpha value is -5.01. The number of anilines is 2. The van der Waals surface area contributed by atoms with Gasteiger partial charge in [0.05, 0.1) is 5.39 Å². The molecule has 1 aliphatic rings. The number of carbonyl (C=O) groups is 2. The molecule has 0 saturated carbocycles. The van der Waals surface area contributed by atoms with E-state index in [0.29, 0.717) is 35.3 Å². The fraction of sp³-hybridized carbons (Fsp3) is 0.185. The average Bonchev–Trinajstić information content (AvgIpc) is 3.30. The predicted octanol–water partition coefficient (Wildman–Crippen LogP) is 4.40. The first kappa shape index (κ1) is 27.6. The van der Waals surface area contributed by atoms with Gasteiger partial charge in [-0.15, -0.1) is 5.10 Å². The van der Waals surface area contributed by atoms with Crippen molar-refractivity contribution in [3.05, 3.63) is 83.2 Å². The molecule has 41 heavy (non-hydrogen) atoms. The Labute approximate surface area is 227 Å². The van der Waals surface area contributed by atoms with Crippen LogP contribution in [0.2, 0.25) is 0 Å². The first-order valence-electron chi connectivity index (χ1n) is 12.1. The Balaban J connectivity index is 1.36. The van der Waals surface area contributed by atoms with E-state index in [-0.39, 0.29) is 27.6 Å². The molecule has 2 heterocycles. The van der Waals surface area contributed by atoms with Crippen LogP contribution in [0.3, 0.4) is 0 Å². The van der Waals surface area contributed by atoms with Crippen molar-refractivity contribution >= 4 is 34.0 Å². The van der Waals surface area contributed by atoms with Crippen molar-refractivity contribution in [1.29, 1.82) is 0 Å². The monoisotopic (exact) mass is 574 g/mol. The summed E-state index contributed by atoms with van der Waals surface area (Å²) >= 11 is 0. The summed E-state index contributed by atoms with van der Waals surface area (Å²) in [7, 11) is 0. The topological polar surface area (TPSA) is 103 Å². The van der Waals surface area contributed by atoms with Crippen LogP contribution in [-0.2, 0) is 9.59 Å². The van der Waals surface area contributed by atoms with Crippen molar-refractivity contribution in [3.63, 3.8) is 0 Å². The van der Waals surface area contributed by atoms with Crippen molar-refractivity contribution in [3.8, 4) is 17.0 Å². The molecular formula is C27H19F5N4O5. The lowest BCUT2D eigenvalue weighted by molar-refractivity contribution is -0.201. The summed E-state index contributed by atoms with van der Waals surface area (Å²) in [6.07, 6.45) is -4.88. The van der Waals surface area contributed by atoms with Crippen LogP contribution in [-0.4, -0.2) is 47.2 Å². The summed E-state index contributed by atoms with van der Waals surface area (Å²) in [5.41, 5.74) is 0.491. The van der Waals surface area contributed by atoms with E-state index in [2.05, 4.69) is 20.0 Å². The normalized spacial score (nSPS) is 15.4. The number of aromatic nitrogens is 2. The number of nitrogens with zero attached hydrogens (tertiary/aromatic N) is 3. The largest absolute Gasteiger partial charge is 0.493 e. The molecule has 0 spiro atoms. The van der Waals surface area contributed by atoms with Gasteiger partial charge in [0, 0.05) is 28.9 Å². The van der Waals surface area contributed by atoms with Gasteiger partial charge in [0.1, 0.15) is 17.5 Å². The highest BCUT2D eigenvalue weighted by atomic mass is 19.4. The maximum absolute atomic E-state index is 13.1. The standard InChI is InChI=1S/C27H19F5N4O5/c28-26(29)40-18-11-7-16(8-12-18)33-21-13-14-35(24(21)38)17-9-5-15(6-10-17)22-19-3-1-2-4-20(19)23(37)36(34-22)41-25(39)27(30,31)32/h1-12,21,26,33H,13-14H2. The lowest BCUT2D eigenvalue weighted by Crippen LogP contribution is -2.39. The summed E-state index contributed by atoms with van der Waals surface area (Å²) in [6.45, 7) is -2.57. The molecule has 1 saturated heterocycles. The van der Waals surface area contributed by atoms with E-state index >= 15 is 0 Å². The van der Waals surface area contributed by atoms with Crippen LogP contribution < -0.4 is 25.4 Å². The lowest BCUT2D eigenvalue weighted by Gasteiger charge is -2.18. The van der Waals surface area contributed by atoms with Crippen LogP contribution in [0.15, 0.2) is 77.6 Å². The second-order valence-corrected chi connectivity index (χ2v) is 8.87. The van der Waals surface area contributed by atoms with Gasteiger partial charge in [-0.25, -0.2) is 4.79 Å². The van der Waals surface area contributed by atoms with E-state index in [1.807, 2.05) is 0 Å². The smallest absolute Gasteiger partial charge is 0.435 e.